The third kappa shape index (κ3) is 2.86. The number of nitrogens with one attached hydrogen (secondary N) is 2. The van der Waals surface area contributed by atoms with E-state index in [9.17, 15) is 0 Å². The van der Waals surface area contributed by atoms with Crippen molar-refractivity contribution in [1.29, 1.82) is 0 Å². The maximum absolute atomic E-state index is 5.55. The Balaban J connectivity index is 1.96. The molecule has 0 amide bonds. The van der Waals surface area contributed by atoms with Crippen LogP contribution >= 0.6 is 11.8 Å². The van der Waals surface area contributed by atoms with Gasteiger partial charge in [0.2, 0.25) is 0 Å². The molecular weight excluding hydrogens is 282 g/mol. The number of aromatic amines is 1. The Labute approximate surface area is 127 Å². The highest BCUT2D eigenvalue weighted by Crippen LogP contribution is 2.33. The summed E-state index contributed by atoms with van der Waals surface area (Å²) in [6.07, 6.45) is 3.45. The molecule has 1 aromatic carbocycles. The second-order valence-electron chi connectivity index (χ2n) is 4.72. The molecule has 2 aromatic heterocycles. The fraction of sp³-hybridized carbons (Fsp3) is 0.200. The largest absolute Gasteiger partial charge is 0.349 e. The topological polar surface area (TPSA) is 79.6 Å². The molecule has 5 nitrogen and oxygen atoms in total. The van der Waals surface area contributed by atoms with Crippen LogP contribution in [0.1, 0.15) is 18.9 Å². The van der Waals surface area contributed by atoms with Crippen LogP contribution in [0.4, 0.5) is 5.82 Å². The Morgan fingerprint density at radius 3 is 2.90 bits per heavy atom. The van der Waals surface area contributed by atoms with Crippen LogP contribution < -0.4 is 11.3 Å². The van der Waals surface area contributed by atoms with Crippen molar-refractivity contribution in [2.24, 2.45) is 5.84 Å². The van der Waals surface area contributed by atoms with E-state index in [1.165, 1.54) is 5.39 Å². The first-order valence-corrected chi connectivity index (χ1v) is 7.69. The van der Waals surface area contributed by atoms with Gasteiger partial charge in [0.05, 0.1) is 5.03 Å². The van der Waals surface area contributed by atoms with Gasteiger partial charge in [-0.05, 0) is 18.6 Å². The zero-order valence-corrected chi connectivity index (χ0v) is 12.6. The molecule has 3 rings (SSSR count). The van der Waals surface area contributed by atoms with Gasteiger partial charge in [-0.15, -0.1) is 0 Å². The van der Waals surface area contributed by atoms with Crippen LogP contribution in [-0.4, -0.2) is 15.0 Å². The number of para-hydroxylation sites is 1. The maximum atomic E-state index is 5.55. The number of aromatic nitrogens is 3. The fourth-order valence-electron chi connectivity index (χ4n) is 2.29. The van der Waals surface area contributed by atoms with Gasteiger partial charge in [0.1, 0.15) is 17.2 Å². The van der Waals surface area contributed by atoms with E-state index < -0.39 is 0 Å². The lowest BCUT2D eigenvalue weighted by molar-refractivity contribution is 0.855. The normalized spacial score (nSPS) is 11.0. The Kier molecular flexibility index (Phi) is 4.08. The summed E-state index contributed by atoms with van der Waals surface area (Å²) in [6, 6.07) is 10.4. The first-order valence-electron chi connectivity index (χ1n) is 6.88. The van der Waals surface area contributed by atoms with Crippen molar-refractivity contribution in [2.45, 2.75) is 29.8 Å². The Morgan fingerprint density at radius 2 is 2.14 bits per heavy atom. The molecule has 0 unspecified atom stereocenters. The van der Waals surface area contributed by atoms with Crippen LogP contribution in [0.2, 0.25) is 0 Å². The summed E-state index contributed by atoms with van der Waals surface area (Å²) in [7, 11) is 0. The summed E-state index contributed by atoms with van der Waals surface area (Å²) >= 11 is 1.61. The average molecular weight is 299 g/mol. The number of nitrogens with zero attached hydrogens (tertiary/aromatic N) is 2. The molecule has 0 saturated carbocycles. The van der Waals surface area contributed by atoms with E-state index in [1.807, 2.05) is 12.1 Å². The van der Waals surface area contributed by atoms with Gasteiger partial charge >= 0.3 is 0 Å². The standard InChI is InChI=1S/C15H17N5S/c1-2-5-11-14(20-16)17-9-18-15(11)21-13-8-10-6-3-4-7-12(10)19-13/h3-4,6-9,19H,2,5,16H2,1H3,(H,17,18,20). The average Bonchev–Trinajstić information content (AvgIpc) is 2.91. The molecular formula is C15H17N5S. The highest BCUT2D eigenvalue weighted by molar-refractivity contribution is 7.99. The van der Waals surface area contributed by atoms with Crippen molar-refractivity contribution in [3.63, 3.8) is 0 Å². The minimum atomic E-state index is 0.700. The van der Waals surface area contributed by atoms with Crippen LogP contribution in [0.5, 0.6) is 0 Å². The number of nitrogen functional groups attached to an aromatic ring is 1. The summed E-state index contributed by atoms with van der Waals surface area (Å²) in [5, 5.41) is 3.20. The summed E-state index contributed by atoms with van der Waals surface area (Å²) in [5.41, 5.74) is 4.85. The summed E-state index contributed by atoms with van der Waals surface area (Å²) in [4.78, 5) is 12.0. The molecule has 3 aromatic rings. The molecule has 0 bridgehead atoms. The monoisotopic (exact) mass is 299 g/mol. The number of H-pyrrole nitrogens is 1. The summed E-state index contributed by atoms with van der Waals surface area (Å²) in [6.45, 7) is 2.13. The van der Waals surface area contributed by atoms with Crippen LogP contribution in [-0.2, 0) is 6.42 Å². The number of hydrogen-bond donors (Lipinski definition) is 3. The Morgan fingerprint density at radius 1 is 1.29 bits per heavy atom. The zero-order valence-electron chi connectivity index (χ0n) is 11.8. The number of nitrogens with two attached hydrogens (primary N) is 1. The van der Waals surface area contributed by atoms with E-state index in [2.05, 4.69) is 45.5 Å². The predicted octanol–water partition coefficient (Wildman–Crippen LogP) is 3.35. The number of anilines is 1. The molecule has 0 radical (unpaired) electrons. The van der Waals surface area contributed by atoms with E-state index in [0.717, 1.165) is 34.0 Å². The number of hydrogen-bond acceptors (Lipinski definition) is 5. The van der Waals surface area contributed by atoms with Gasteiger partial charge < -0.3 is 10.4 Å². The number of benzene rings is 1. The van der Waals surface area contributed by atoms with Crippen LogP contribution in [0.25, 0.3) is 10.9 Å². The molecule has 0 saturated heterocycles. The second kappa shape index (κ2) is 6.15. The van der Waals surface area contributed by atoms with Crippen LogP contribution in [0, 0.1) is 0 Å². The maximum Gasteiger partial charge on any atom is 0.147 e. The van der Waals surface area contributed by atoms with Crippen molar-refractivity contribution in [2.75, 3.05) is 5.43 Å². The van der Waals surface area contributed by atoms with E-state index in [0.29, 0.717) is 5.82 Å². The predicted molar refractivity (Wildman–Crippen MR) is 86.3 cm³/mol. The molecule has 0 aliphatic carbocycles. The van der Waals surface area contributed by atoms with Gasteiger partial charge in [-0.3, -0.25) is 0 Å². The highest BCUT2D eigenvalue weighted by atomic mass is 32.2. The van der Waals surface area contributed by atoms with Crippen molar-refractivity contribution in [3.8, 4) is 0 Å². The molecule has 6 heteroatoms. The summed E-state index contributed by atoms with van der Waals surface area (Å²) in [5.74, 6) is 6.25. The van der Waals surface area contributed by atoms with Gasteiger partial charge in [0, 0.05) is 16.5 Å². The van der Waals surface area contributed by atoms with E-state index >= 15 is 0 Å². The van der Waals surface area contributed by atoms with Crippen LogP contribution in [0.15, 0.2) is 46.7 Å². The minimum absolute atomic E-state index is 0.700. The number of fused-ring (bicyclic) bond motifs is 1. The zero-order chi connectivity index (χ0) is 14.7. The molecule has 0 aliphatic heterocycles. The van der Waals surface area contributed by atoms with Crippen molar-refractivity contribution in [3.05, 3.63) is 42.2 Å². The van der Waals surface area contributed by atoms with Gasteiger partial charge in [-0.25, -0.2) is 15.8 Å². The quantitative estimate of drug-likeness (QED) is 0.382. The minimum Gasteiger partial charge on any atom is -0.349 e. The lowest BCUT2D eigenvalue weighted by Crippen LogP contribution is -2.12. The van der Waals surface area contributed by atoms with Gasteiger partial charge in [0.15, 0.2) is 0 Å². The highest BCUT2D eigenvalue weighted by Gasteiger charge is 2.12. The Bertz CT molecular complexity index is 720. The molecule has 0 atom stereocenters. The molecule has 0 fully saturated rings. The molecule has 0 aliphatic rings. The van der Waals surface area contributed by atoms with Crippen LogP contribution in [0.3, 0.4) is 0 Å². The second-order valence-corrected chi connectivity index (χ2v) is 5.75. The van der Waals surface area contributed by atoms with E-state index in [-0.39, 0.29) is 0 Å². The fourth-order valence-corrected chi connectivity index (χ4v) is 3.27. The first-order chi connectivity index (χ1) is 10.3. The van der Waals surface area contributed by atoms with E-state index in [4.69, 9.17) is 5.84 Å². The first kappa shape index (κ1) is 13.9. The number of hydrazine groups is 1. The summed E-state index contributed by atoms with van der Waals surface area (Å²) < 4.78 is 0. The molecule has 21 heavy (non-hydrogen) atoms. The lowest BCUT2D eigenvalue weighted by Gasteiger charge is -2.10. The van der Waals surface area contributed by atoms with Crippen molar-refractivity contribution < 1.29 is 0 Å². The van der Waals surface area contributed by atoms with Crippen molar-refractivity contribution in [1.82, 2.24) is 15.0 Å². The molecule has 2 heterocycles. The third-order valence-corrected chi connectivity index (χ3v) is 4.24. The lowest BCUT2D eigenvalue weighted by atomic mass is 10.2. The molecule has 0 spiro atoms. The van der Waals surface area contributed by atoms with Crippen molar-refractivity contribution >= 4 is 28.5 Å². The third-order valence-electron chi connectivity index (χ3n) is 3.25. The number of rotatable bonds is 5. The van der Waals surface area contributed by atoms with Gasteiger partial charge in [-0.2, -0.15) is 0 Å². The van der Waals surface area contributed by atoms with Gasteiger partial charge in [-0.1, -0.05) is 43.3 Å². The SMILES string of the molecule is CCCc1c(NN)ncnc1Sc1cc2ccccc2[nH]1. The van der Waals surface area contributed by atoms with E-state index in [1.54, 1.807) is 18.1 Å². The Hall–Kier alpha value is -2.05. The molecule has 4 N–H and O–H groups in total. The van der Waals surface area contributed by atoms with Gasteiger partial charge in [0.25, 0.3) is 0 Å². The molecule has 108 valence electrons. The smallest absolute Gasteiger partial charge is 0.147 e.